The number of carbonyl (C=O) groups excluding carboxylic acids is 5. The Labute approximate surface area is 194 Å². The Morgan fingerprint density at radius 3 is 2.00 bits per heavy atom. The van der Waals surface area contributed by atoms with E-state index in [1.807, 2.05) is 0 Å². The minimum atomic E-state index is -1.50. The van der Waals surface area contributed by atoms with Gasteiger partial charge in [0.2, 0.25) is 29.5 Å². The normalized spacial score (nSPS) is 14.4. The van der Waals surface area contributed by atoms with Gasteiger partial charge >= 0.3 is 5.97 Å². The lowest BCUT2D eigenvalue weighted by molar-refractivity contribution is -0.142. The number of aromatic nitrogens is 2. The number of carboxylic acids is 1. The highest BCUT2D eigenvalue weighted by Gasteiger charge is 2.32. The number of imidazole rings is 1. The smallest absolute Gasteiger partial charge is 0.326 e. The number of nitrogens with one attached hydrogen (secondary N) is 4. The van der Waals surface area contributed by atoms with E-state index in [0.29, 0.717) is 5.69 Å². The van der Waals surface area contributed by atoms with Gasteiger partial charge in [0.05, 0.1) is 25.2 Å². The van der Waals surface area contributed by atoms with Gasteiger partial charge in [-0.2, -0.15) is 0 Å². The number of amides is 5. The van der Waals surface area contributed by atoms with Crippen molar-refractivity contribution in [3.63, 3.8) is 0 Å². The van der Waals surface area contributed by atoms with Crippen LogP contribution in [0.3, 0.4) is 0 Å². The van der Waals surface area contributed by atoms with E-state index < -0.39 is 78.4 Å². The van der Waals surface area contributed by atoms with Crippen molar-refractivity contribution < 1.29 is 33.9 Å². The summed E-state index contributed by atoms with van der Waals surface area (Å²) < 4.78 is 0. The van der Waals surface area contributed by atoms with Crippen molar-refractivity contribution in [3.8, 4) is 0 Å². The van der Waals surface area contributed by atoms with Gasteiger partial charge in [0.25, 0.3) is 0 Å². The Morgan fingerprint density at radius 1 is 0.941 bits per heavy atom. The monoisotopic (exact) mass is 482 g/mol. The number of nitrogens with two attached hydrogens (primary N) is 3. The van der Waals surface area contributed by atoms with Crippen LogP contribution < -0.4 is 33.2 Å². The van der Waals surface area contributed by atoms with Crippen LogP contribution in [0.25, 0.3) is 0 Å². The zero-order valence-corrected chi connectivity index (χ0v) is 18.7. The third-order valence-corrected chi connectivity index (χ3v) is 4.64. The number of carboxylic acid groups (broad SMARTS) is 1. The summed E-state index contributed by atoms with van der Waals surface area (Å²) in [5.74, 6) is -6.27. The van der Waals surface area contributed by atoms with Gasteiger partial charge in [-0.25, -0.2) is 9.78 Å². The van der Waals surface area contributed by atoms with Crippen LogP contribution >= 0.6 is 0 Å². The number of hydrogen-bond donors (Lipinski definition) is 8. The number of carbonyl (C=O) groups is 6. The average Bonchev–Trinajstić information content (AvgIpc) is 3.22. The summed E-state index contributed by atoms with van der Waals surface area (Å²) in [6, 6.07) is -5.41. The van der Waals surface area contributed by atoms with Crippen LogP contribution in [0.4, 0.5) is 0 Å². The maximum atomic E-state index is 12.8. The molecule has 0 saturated carbocycles. The summed E-state index contributed by atoms with van der Waals surface area (Å²) in [5.41, 5.74) is 16.2. The van der Waals surface area contributed by atoms with Crippen LogP contribution in [0.1, 0.15) is 32.4 Å². The largest absolute Gasteiger partial charge is 0.480 e. The van der Waals surface area contributed by atoms with Crippen LogP contribution in [-0.4, -0.2) is 74.7 Å². The third-order valence-electron chi connectivity index (χ3n) is 4.64. The Morgan fingerprint density at radius 2 is 1.53 bits per heavy atom. The van der Waals surface area contributed by atoms with E-state index in [0.717, 1.165) is 0 Å². The summed E-state index contributed by atoms with van der Waals surface area (Å²) in [7, 11) is 0. The van der Waals surface area contributed by atoms with E-state index in [1.54, 1.807) is 13.8 Å². The second-order valence-electron chi connectivity index (χ2n) is 7.92. The van der Waals surface area contributed by atoms with Crippen LogP contribution in [0, 0.1) is 5.92 Å². The van der Waals surface area contributed by atoms with Crippen LogP contribution in [0.15, 0.2) is 12.5 Å². The first-order valence-electron chi connectivity index (χ1n) is 10.2. The number of rotatable bonds is 14. The molecule has 34 heavy (non-hydrogen) atoms. The van der Waals surface area contributed by atoms with Gasteiger partial charge in [0.1, 0.15) is 18.1 Å². The van der Waals surface area contributed by atoms with E-state index in [4.69, 9.17) is 17.2 Å². The molecule has 1 heterocycles. The molecule has 188 valence electrons. The van der Waals surface area contributed by atoms with Gasteiger partial charge in [-0.3, -0.25) is 24.0 Å². The minimum Gasteiger partial charge on any atom is -0.480 e. The van der Waals surface area contributed by atoms with Gasteiger partial charge in [-0.15, -0.1) is 0 Å². The maximum absolute atomic E-state index is 12.8. The van der Waals surface area contributed by atoms with E-state index in [9.17, 15) is 33.9 Å². The molecule has 4 unspecified atom stereocenters. The summed E-state index contributed by atoms with van der Waals surface area (Å²) in [5, 5.41) is 16.4. The van der Waals surface area contributed by atoms with Gasteiger partial charge in [-0.1, -0.05) is 13.8 Å². The Hall–Kier alpha value is -4.01. The zero-order chi connectivity index (χ0) is 26.0. The molecular weight excluding hydrogens is 452 g/mol. The highest BCUT2D eigenvalue weighted by molar-refractivity contribution is 5.97. The molecule has 15 heteroatoms. The topological polar surface area (TPSA) is 265 Å². The minimum absolute atomic E-state index is 0.0854. The van der Waals surface area contributed by atoms with Crippen molar-refractivity contribution in [2.24, 2.45) is 23.1 Å². The SMILES string of the molecule is CC(C)C(NC(=O)C(CC(N)=O)NC(=O)C(N)CC(N)=O)C(=O)NC(Cc1cnc[nH]1)C(=O)O. The second kappa shape index (κ2) is 12.9. The molecule has 4 atom stereocenters. The average molecular weight is 482 g/mol. The summed E-state index contributed by atoms with van der Waals surface area (Å²) in [6.45, 7) is 3.19. The van der Waals surface area contributed by atoms with Crippen molar-refractivity contribution in [1.29, 1.82) is 0 Å². The van der Waals surface area contributed by atoms with Gasteiger partial charge in [0.15, 0.2) is 0 Å². The quantitative estimate of drug-likeness (QED) is 0.129. The van der Waals surface area contributed by atoms with E-state index in [-0.39, 0.29) is 6.42 Å². The molecule has 0 radical (unpaired) electrons. The maximum Gasteiger partial charge on any atom is 0.326 e. The summed E-state index contributed by atoms with van der Waals surface area (Å²) in [6.07, 6.45) is 1.56. The molecule has 0 bridgehead atoms. The Balaban J connectivity index is 2.95. The summed E-state index contributed by atoms with van der Waals surface area (Å²) >= 11 is 0. The molecule has 0 fully saturated rings. The Bertz CT molecular complexity index is 902. The number of primary amides is 2. The van der Waals surface area contributed by atoms with Crippen LogP contribution in [0.5, 0.6) is 0 Å². The molecule has 1 rings (SSSR count). The lowest BCUT2D eigenvalue weighted by atomic mass is 10.0. The lowest BCUT2D eigenvalue weighted by Gasteiger charge is -2.26. The van der Waals surface area contributed by atoms with Crippen molar-refractivity contribution in [1.82, 2.24) is 25.9 Å². The fourth-order valence-electron chi connectivity index (χ4n) is 2.87. The molecule has 0 aliphatic heterocycles. The summed E-state index contributed by atoms with van der Waals surface area (Å²) in [4.78, 5) is 78.2. The van der Waals surface area contributed by atoms with Crippen LogP contribution in [-0.2, 0) is 35.2 Å². The van der Waals surface area contributed by atoms with Crippen molar-refractivity contribution in [3.05, 3.63) is 18.2 Å². The van der Waals surface area contributed by atoms with Crippen LogP contribution in [0.2, 0.25) is 0 Å². The number of H-pyrrole nitrogens is 1. The molecular formula is C19H30N8O7. The first-order valence-corrected chi connectivity index (χ1v) is 10.2. The number of nitrogens with zero attached hydrogens (tertiary/aromatic N) is 1. The molecule has 11 N–H and O–H groups in total. The van der Waals surface area contributed by atoms with E-state index in [1.165, 1.54) is 12.5 Å². The molecule has 0 spiro atoms. The number of aromatic amines is 1. The standard InChI is InChI=1S/C19H30N8O7/c1-8(2)15(18(32)26-12(19(33)34)3-9-6-23-7-24-9)27-17(31)11(5-14(22)29)25-16(30)10(20)4-13(21)28/h6-8,10-12,15H,3-5,20H2,1-2H3,(H2,21,28)(H2,22,29)(H,23,24)(H,25,30)(H,26,32)(H,27,31)(H,33,34). The van der Waals surface area contributed by atoms with Gasteiger partial charge in [0, 0.05) is 18.3 Å². The van der Waals surface area contributed by atoms with Crippen molar-refractivity contribution >= 4 is 35.5 Å². The fourth-order valence-corrected chi connectivity index (χ4v) is 2.87. The molecule has 0 aromatic carbocycles. The second-order valence-corrected chi connectivity index (χ2v) is 7.92. The van der Waals surface area contributed by atoms with E-state index in [2.05, 4.69) is 25.9 Å². The molecule has 1 aromatic rings. The molecule has 0 aliphatic rings. The highest BCUT2D eigenvalue weighted by Crippen LogP contribution is 2.06. The molecule has 0 saturated heterocycles. The van der Waals surface area contributed by atoms with Gasteiger partial charge in [-0.05, 0) is 5.92 Å². The van der Waals surface area contributed by atoms with Crippen molar-refractivity contribution in [2.75, 3.05) is 0 Å². The molecule has 5 amide bonds. The molecule has 0 aliphatic carbocycles. The number of aliphatic carboxylic acids is 1. The third kappa shape index (κ3) is 9.23. The van der Waals surface area contributed by atoms with Gasteiger partial charge < -0.3 is 43.2 Å². The highest BCUT2D eigenvalue weighted by atomic mass is 16.4. The predicted octanol–water partition coefficient (Wildman–Crippen LogP) is -3.77. The van der Waals surface area contributed by atoms with Crippen molar-refractivity contribution in [2.45, 2.75) is 57.3 Å². The predicted molar refractivity (Wildman–Crippen MR) is 116 cm³/mol. The number of hydrogen-bond acceptors (Lipinski definition) is 8. The first kappa shape index (κ1) is 28.0. The Kier molecular flexibility index (Phi) is 10.6. The molecule has 1 aromatic heterocycles. The molecule has 15 nitrogen and oxygen atoms in total. The van der Waals surface area contributed by atoms with E-state index >= 15 is 0 Å². The first-order chi connectivity index (χ1) is 15.8. The zero-order valence-electron chi connectivity index (χ0n) is 18.7. The fraction of sp³-hybridized carbons (Fsp3) is 0.526. The lowest BCUT2D eigenvalue weighted by Crippen LogP contribution is -2.59.